The minimum Gasteiger partial charge on any atom is -0.203 e. The van der Waals surface area contributed by atoms with Gasteiger partial charge in [0, 0.05) is 5.56 Å². The van der Waals surface area contributed by atoms with Gasteiger partial charge in [-0.15, -0.1) is 5.10 Å². The molecular weight excluding hydrogens is 400 g/mol. The molecule has 0 radical (unpaired) electrons. The van der Waals surface area contributed by atoms with Crippen molar-refractivity contribution in [3.63, 3.8) is 0 Å². The second kappa shape index (κ2) is 8.50. The molecule has 0 N–H and O–H groups in total. The van der Waals surface area contributed by atoms with Crippen molar-refractivity contribution in [1.29, 1.82) is 0 Å². The highest BCUT2D eigenvalue weighted by molar-refractivity contribution is 7.12. The highest BCUT2D eigenvalue weighted by Crippen LogP contribution is 2.20. The zero-order chi connectivity index (χ0) is 21.0. The predicted molar refractivity (Wildman–Crippen MR) is 129 cm³/mol. The fourth-order valence-electron chi connectivity index (χ4n) is 3.37. The fraction of sp³-hybridized carbons (Fsp3) is 0.0385. The number of hydrogen-bond acceptors (Lipinski definition) is 4. The summed E-state index contributed by atoms with van der Waals surface area (Å²) in [6.07, 6.45) is 0. The van der Waals surface area contributed by atoms with Crippen molar-refractivity contribution in [2.75, 3.05) is 0 Å². The Bertz CT molecular complexity index is 1430. The van der Waals surface area contributed by atoms with Gasteiger partial charge in [-0.25, -0.2) is 4.68 Å². The molecule has 5 aromatic rings. The van der Waals surface area contributed by atoms with Crippen LogP contribution in [0, 0.1) is 0 Å². The van der Waals surface area contributed by atoms with E-state index in [2.05, 4.69) is 58.7 Å². The quantitative estimate of drug-likeness (QED) is 0.257. The number of para-hydroxylation sites is 1. The molecule has 0 saturated carbocycles. The van der Waals surface area contributed by atoms with Crippen LogP contribution in [-0.4, -0.2) is 15.5 Å². The van der Waals surface area contributed by atoms with Crippen molar-refractivity contribution >= 4 is 27.8 Å². The van der Waals surface area contributed by atoms with E-state index in [0.717, 1.165) is 32.3 Å². The second-order valence-electron chi connectivity index (χ2n) is 7.15. The summed E-state index contributed by atoms with van der Waals surface area (Å²) >= 11 is 1.53. The third kappa shape index (κ3) is 4.09. The van der Waals surface area contributed by atoms with Crippen LogP contribution in [0.4, 0.5) is 0 Å². The number of hydrogen-bond donors (Lipinski definition) is 0. The van der Waals surface area contributed by atoms with Crippen LogP contribution in [-0.2, 0) is 0 Å². The molecule has 0 aliphatic rings. The zero-order valence-corrected chi connectivity index (χ0v) is 17.8. The molecule has 0 saturated heterocycles. The topological polar surface area (TPSA) is 42.5 Å². The van der Waals surface area contributed by atoms with E-state index >= 15 is 0 Å². The Morgan fingerprint density at radius 1 is 0.774 bits per heavy atom. The van der Waals surface area contributed by atoms with Crippen LogP contribution >= 0.6 is 11.3 Å². The molecular formula is C26H20N4S. The van der Waals surface area contributed by atoms with Gasteiger partial charge in [-0.1, -0.05) is 96.3 Å². The van der Waals surface area contributed by atoms with Gasteiger partial charge < -0.3 is 0 Å². The normalized spacial score (nSPS) is 12.4. The maximum Gasteiger partial charge on any atom is 0.233 e. The molecule has 0 aliphatic heterocycles. The van der Waals surface area contributed by atoms with E-state index < -0.39 is 0 Å². The Morgan fingerprint density at radius 3 is 2.23 bits per heavy atom. The molecule has 1 heterocycles. The van der Waals surface area contributed by atoms with Crippen LogP contribution < -0.4 is 4.80 Å². The maximum absolute atomic E-state index is 4.81. The Hall–Kier alpha value is -3.83. The van der Waals surface area contributed by atoms with Crippen molar-refractivity contribution in [3.05, 3.63) is 113 Å². The molecule has 0 atom stereocenters. The molecule has 4 aromatic carbocycles. The van der Waals surface area contributed by atoms with Crippen LogP contribution in [0.2, 0.25) is 0 Å². The lowest BCUT2D eigenvalue weighted by molar-refractivity contribution is 0.824. The Kier molecular flexibility index (Phi) is 5.25. The molecule has 5 heteroatoms. The van der Waals surface area contributed by atoms with Gasteiger partial charge in [-0.05, 0) is 41.5 Å². The van der Waals surface area contributed by atoms with Gasteiger partial charge >= 0.3 is 0 Å². The summed E-state index contributed by atoms with van der Waals surface area (Å²) in [5.41, 5.74) is 3.94. The van der Waals surface area contributed by atoms with Crippen LogP contribution in [0.3, 0.4) is 0 Å². The lowest BCUT2D eigenvalue weighted by atomic mass is 10.0. The van der Waals surface area contributed by atoms with Gasteiger partial charge in [0.15, 0.2) is 0 Å². The molecule has 0 amide bonds. The lowest BCUT2D eigenvalue weighted by Crippen LogP contribution is -2.14. The SMILES string of the molecule is C/C(=N\N=c1\sc(-c2ccccc2)nn1-c1ccccc1)c1ccc2ccccc2c1. The molecule has 0 spiro atoms. The molecule has 0 unspecified atom stereocenters. The smallest absolute Gasteiger partial charge is 0.203 e. The average Bonchev–Trinajstić information content (AvgIpc) is 3.28. The first-order valence-electron chi connectivity index (χ1n) is 10.1. The first-order valence-corrected chi connectivity index (χ1v) is 10.9. The molecule has 150 valence electrons. The first kappa shape index (κ1) is 19.2. The van der Waals surface area contributed by atoms with Gasteiger partial charge in [0.1, 0.15) is 5.01 Å². The van der Waals surface area contributed by atoms with Crippen LogP contribution in [0.1, 0.15) is 12.5 Å². The van der Waals surface area contributed by atoms with Crippen LogP contribution in [0.5, 0.6) is 0 Å². The van der Waals surface area contributed by atoms with Crippen molar-refractivity contribution < 1.29 is 0 Å². The third-order valence-electron chi connectivity index (χ3n) is 5.03. The summed E-state index contributed by atoms with van der Waals surface area (Å²) in [4.78, 5) is 0.727. The number of fused-ring (bicyclic) bond motifs is 1. The predicted octanol–water partition coefficient (Wildman–Crippen LogP) is 6.08. The molecule has 0 fully saturated rings. The van der Waals surface area contributed by atoms with E-state index in [4.69, 9.17) is 5.10 Å². The number of aromatic nitrogens is 2. The standard InChI is InChI=1S/C26H20N4S/c1-19(22-17-16-20-10-8-9-13-23(20)18-22)27-28-26-30(24-14-6-3-7-15-24)29-25(31-26)21-11-4-2-5-12-21/h2-18H,1H3/b27-19+,28-26+. The van der Waals surface area contributed by atoms with Crippen LogP contribution in [0.25, 0.3) is 27.0 Å². The summed E-state index contributed by atoms with van der Waals surface area (Å²) in [5.74, 6) is 0. The van der Waals surface area contributed by atoms with Crippen molar-refractivity contribution in [3.8, 4) is 16.3 Å². The Labute approximate surface area is 184 Å². The van der Waals surface area contributed by atoms with Crippen LogP contribution in [0.15, 0.2) is 113 Å². The van der Waals surface area contributed by atoms with Crippen molar-refractivity contribution in [2.45, 2.75) is 6.92 Å². The van der Waals surface area contributed by atoms with Gasteiger partial charge in [0.25, 0.3) is 0 Å². The van der Waals surface area contributed by atoms with E-state index in [9.17, 15) is 0 Å². The number of nitrogens with zero attached hydrogens (tertiary/aromatic N) is 4. The molecule has 4 nitrogen and oxygen atoms in total. The van der Waals surface area contributed by atoms with Crippen molar-refractivity contribution in [1.82, 2.24) is 9.78 Å². The van der Waals surface area contributed by atoms with E-state index in [0.29, 0.717) is 0 Å². The number of benzene rings is 4. The molecule has 31 heavy (non-hydrogen) atoms. The molecule has 0 bridgehead atoms. The third-order valence-corrected chi connectivity index (χ3v) is 5.98. The van der Waals surface area contributed by atoms with Gasteiger partial charge in [-0.2, -0.15) is 10.2 Å². The van der Waals surface area contributed by atoms with Gasteiger partial charge in [0.2, 0.25) is 4.80 Å². The van der Waals surface area contributed by atoms with E-state index in [1.54, 1.807) is 0 Å². The van der Waals surface area contributed by atoms with E-state index in [1.165, 1.54) is 22.1 Å². The summed E-state index contributed by atoms with van der Waals surface area (Å²) < 4.78 is 1.85. The summed E-state index contributed by atoms with van der Waals surface area (Å²) in [5, 5.41) is 17.3. The summed E-state index contributed by atoms with van der Waals surface area (Å²) in [7, 11) is 0. The van der Waals surface area contributed by atoms with Gasteiger partial charge in [0.05, 0.1) is 11.4 Å². The minimum absolute atomic E-state index is 0.727. The van der Waals surface area contributed by atoms with Crippen molar-refractivity contribution in [2.24, 2.45) is 10.2 Å². The first-order chi connectivity index (χ1) is 15.3. The monoisotopic (exact) mass is 420 g/mol. The van der Waals surface area contributed by atoms with Gasteiger partial charge in [-0.3, -0.25) is 0 Å². The van der Waals surface area contributed by atoms with E-state index in [-0.39, 0.29) is 0 Å². The fourth-order valence-corrected chi connectivity index (χ4v) is 4.23. The second-order valence-corrected chi connectivity index (χ2v) is 8.11. The highest BCUT2D eigenvalue weighted by Gasteiger charge is 2.09. The Balaban J connectivity index is 1.59. The average molecular weight is 421 g/mol. The molecule has 0 aliphatic carbocycles. The molecule has 1 aromatic heterocycles. The number of rotatable bonds is 4. The molecule has 5 rings (SSSR count). The minimum atomic E-state index is 0.727. The van der Waals surface area contributed by atoms with E-state index in [1.807, 2.05) is 66.2 Å². The largest absolute Gasteiger partial charge is 0.233 e. The Morgan fingerprint density at radius 2 is 1.45 bits per heavy atom. The highest BCUT2D eigenvalue weighted by atomic mass is 32.1. The lowest BCUT2D eigenvalue weighted by Gasteiger charge is -2.02. The summed E-state index contributed by atoms with van der Waals surface area (Å²) in [6.45, 7) is 1.99. The zero-order valence-electron chi connectivity index (χ0n) is 17.0. The maximum atomic E-state index is 4.81. The summed E-state index contributed by atoms with van der Waals surface area (Å²) in [6, 6.07) is 34.9.